The molecule has 0 spiro atoms. The van der Waals surface area contributed by atoms with Gasteiger partial charge < -0.3 is 9.84 Å². The van der Waals surface area contributed by atoms with E-state index in [1.54, 1.807) is 4.68 Å². The lowest BCUT2D eigenvalue weighted by Gasteiger charge is -2.19. The SMILES string of the molecule is Cc1nn(C)cc1C(O)C1=CCCCO1. The molecule has 1 aromatic heterocycles. The molecule has 1 aliphatic rings. The second kappa shape index (κ2) is 4.06. The second-order valence-electron chi connectivity index (χ2n) is 3.84. The summed E-state index contributed by atoms with van der Waals surface area (Å²) in [6, 6.07) is 0. The standard InChI is InChI=1S/C11H16N2O2/c1-8-9(7-13(2)12-8)11(14)10-5-3-4-6-15-10/h5,7,11,14H,3-4,6H2,1-2H3. The lowest BCUT2D eigenvalue weighted by atomic mass is 10.1. The third kappa shape index (κ3) is 2.04. The summed E-state index contributed by atoms with van der Waals surface area (Å²) >= 11 is 0. The van der Waals surface area contributed by atoms with Crippen LogP contribution in [0, 0.1) is 6.92 Å². The van der Waals surface area contributed by atoms with E-state index in [0.29, 0.717) is 12.4 Å². The lowest BCUT2D eigenvalue weighted by molar-refractivity contribution is 0.0914. The second-order valence-corrected chi connectivity index (χ2v) is 3.84. The molecule has 15 heavy (non-hydrogen) atoms. The van der Waals surface area contributed by atoms with E-state index in [-0.39, 0.29) is 0 Å². The normalized spacial score (nSPS) is 18.2. The molecule has 82 valence electrons. The third-order valence-electron chi connectivity index (χ3n) is 2.58. The smallest absolute Gasteiger partial charge is 0.139 e. The highest BCUT2D eigenvalue weighted by molar-refractivity contribution is 5.25. The number of aromatic nitrogens is 2. The molecule has 0 aliphatic carbocycles. The Labute approximate surface area is 89.2 Å². The van der Waals surface area contributed by atoms with Gasteiger partial charge in [-0.2, -0.15) is 5.10 Å². The summed E-state index contributed by atoms with van der Waals surface area (Å²) in [5.74, 6) is 0.664. The van der Waals surface area contributed by atoms with Gasteiger partial charge in [0.05, 0.1) is 12.3 Å². The maximum Gasteiger partial charge on any atom is 0.139 e. The Morgan fingerprint density at radius 3 is 2.93 bits per heavy atom. The molecule has 4 heteroatoms. The fraction of sp³-hybridized carbons (Fsp3) is 0.545. The summed E-state index contributed by atoms with van der Waals surface area (Å²) < 4.78 is 7.14. The minimum Gasteiger partial charge on any atom is -0.495 e. The van der Waals surface area contributed by atoms with Crippen molar-refractivity contribution in [2.24, 2.45) is 7.05 Å². The van der Waals surface area contributed by atoms with Gasteiger partial charge in [0.2, 0.25) is 0 Å². The summed E-state index contributed by atoms with van der Waals surface area (Å²) in [6.07, 6.45) is 5.13. The van der Waals surface area contributed by atoms with Gasteiger partial charge in [-0.1, -0.05) is 0 Å². The minimum atomic E-state index is -0.668. The van der Waals surface area contributed by atoms with Gasteiger partial charge in [-0.3, -0.25) is 4.68 Å². The van der Waals surface area contributed by atoms with Gasteiger partial charge in [0.15, 0.2) is 0 Å². The van der Waals surface area contributed by atoms with Gasteiger partial charge in [-0.25, -0.2) is 0 Å². The molecule has 4 nitrogen and oxygen atoms in total. The van der Waals surface area contributed by atoms with Gasteiger partial charge in [0, 0.05) is 18.8 Å². The zero-order valence-corrected chi connectivity index (χ0v) is 9.10. The van der Waals surface area contributed by atoms with Crippen LogP contribution in [0.4, 0.5) is 0 Å². The average Bonchev–Trinajstić information content (AvgIpc) is 2.58. The number of ether oxygens (including phenoxy) is 1. The van der Waals surface area contributed by atoms with Crippen molar-refractivity contribution < 1.29 is 9.84 Å². The molecule has 0 aromatic carbocycles. The van der Waals surface area contributed by atoms with Crippen molar-refractivity contribution in [2.45, 2.75) is 25.9 Å². The van der Waals surface area contributed by atoms with E-state index >= 15 is 0 Å². The van der Waals surface area contributed by atoms with Crippen LogP contribution < -0.4 is 0 Å². The van der Waals surface area contributed by atoms with Crippen molar-refractivity contribution in [3.05, 3.63) is 29.3 Å². The Bertz CT molecular complexity index is 382. The van der Waals surface area contributed by atoms with Crippen LogP contribution in [0.1, 0.15) is 30.2 Å². The number of hydrogen-bond donors (Lipinski definition) is 1. The van der Waals surface area contributed by atoms with Crippen LogP contribution in [0.5, 0.6) is 0 Å². The molecular weight excluding hydrogens is 192 g/mol. The van der Waals surface area contributed by atoms with Crippen molar-refractivity contribution in [3.63, 3.8) is 0 Å². The van der Waals surface area contributed by atoms with Crippen LogP contribution in [-0.4, -0.2) is 21.5 Å². The predicted octanol–water partition coefficient (Wildman–Crippen LogP) is 1.46. The van der Waals surface area contributed by atoms with E-state index < -0.39 is 6.10 Å². The first kappa shape index (κ1) is 10.2. The fourth-order valence-electron chi connectivity index (χ4n) is 1.81. The molecule has 1 unspecified atom stereocenters. The van der Waals surface area contributed by atoms with Crippen molar-refractivity contribution in [1.29, 1.82) is 0 Å². The fourth-order valence-corrected chi connectivity index (χ4v) is 1.81. The quantitative estimate of drug-likeness (QED) is 0.800. The number of hydrogen-bond acceptors (Lipinski definition) is 3. The van der Waals surface area contributed by atoms with Crippen LogP contribution >= 0.6 is 0 Å². The van der Waals surface area contributed by atoms with Gasteiger partial charge in [0.1, 0.15) is 11.9 Å². The van der Waals surface area contributed by atoms with Gasteiger partial charge >= 0.3 is 0 Å². The summed E-state index contributed by atoms with van der Waals surface area (Å²) in [6.45, 7) is 2.59. The zero-order valence-electron chi connectivity index (χ0n) is 9.10. The van der Waals surface area contributed by atoms with E-state index in [2.05, 4.69) is 5.10 Å². The number of aryl methyl sites for hydroxylation is 2. The highest BCUT2D eigenvalue weighted by atomic mass is 16.5. The molecule has 0 radical (unpaired) electrons. The van der Waals surface area contributed by atoms with Crippen molar-refractivity contribution >= 4 is 0 Å². The Balaban J connectivity index is 2.23. The minimum absolute atomic E-state index is 0.664. The molecule has 1 aromatic rings. The van der Waals surface area contributed by atoms with Gasteiger partial charge in [-0.15, -0.1) is 0 Å². The molecule has 0 amide bonds. The Morgan fingerprint density at radius 1 is 1.60 bits per heavy atom. The molecule has 1 aliphatic heterocycles. The van der Waals surface area contributed by atoms with Gasteiger partial charge in [0.25, 0.3) is 0 Å². The van der Waals surface area contributed by atoms with E-state index in [1.165, 1.54) is 0 Å². The maximum atomic E-state index is 10.1. The first-order chi connectivity index (χ1) is 7.18. The maximum absolute atomic E-state index is 10.1. The van der Waals surface area contributed by atoms with E-state index in [0.717, 1.165) is 24.1 Å². The number of nitrogens with zero attached hydrogens (tertiary/aromatic N) is 2. The summed E-state index contributed by atoms with van der Waals surface area (Å²) in [5, 5.41) is 14.3. The number of rotatable bonds is 2. The average molecular weight is 208 g/mol. The van der Waals surface area contributed by atoms with Gasteiger partial charge in [-0.05, 0) is 25.8 Å². The first-order valence-electron chi connectivity index (χ1n) is 5.19. The van der Waals surface area contributed by atoms with Crippen LogP contribution in [0.15, 0.2) is 18.0 Å². The highest BCUT2D eigenvalue weighted by Gasteiger charge is 2.20. The van der Waals surface area contributed by atoms with Crippen LogP contribution in [0.25, 0.3) is 0 Å². The van der Waals surface area contributed by atoms with Crippen molar-refractivity contribution in [2.75, 3.05) is 6.61 Å². The van der Waals surface area contributed by atoms with E-state index in [9.17, 15) is 5.11 Å². The molecule has 0 saturated carbocycles. The molecule has 0 bridgehead atoms. The van der Waals surface area contributed by atoms with Crippen molar-refractivity contribution in [3.8, 4) is 0 Å². The first-order valence-corrected chi connectivity index (χ1v) is 5.19. The molecule has 1 atom stereocenters. The largest absolute Gasteiger partial charge is 0.495 e. The third-order valence-corrected chi connectivity index (χ3v) is 2.58. The lowest BCUT2D eigenvalue weighted by Crippen LogP contribution is -2.10. The van der Waals surface area contributed by atoms with Crippen molar-refractivity contribution in [1.82, 2.24) is 9.78 Å². The number of allylic oxidation sites excluding steroid dienone is 1. The number of aliphatic hydroxyl groups excluding tert-OH is 1. The van der Waals surface area contributed by atoms with Crippen LogP contribution in [-0.2, 0) is 11.8 Å². The Kier molecular flexibility index (Phi) is 2.77. The molecule has 2 rings (SSSR count). The molecule has 0 fully saturated rings. The molecule has 1 N–H and O–H groups in total. The Morgan fingerprint density at radius 2 is 2.40 bits per heavy atom. The highest BCUT2D eigenvalue weighted by Crippen LogP contribution is 2.27. The monoisotopic (exact) mass is 208 g/mol. The molecule has 2 heterocycles. The summed E-state index contributed by atoms with van der Waals surface area (Å²) in [4.78, 5) is 0. The Hall–Kier alpha value is -1.29. The molecular formula is C11H16N2O2. The summed E-state index contributed by atoms with van der Waals surface area (Å²) in [7, 11) is 1.85. The van der Waals surface area contributed by atoms with E-state index in [1.807, 2.05) is 26.2 Å². The van der Waals surface area contributed by atoms with Crippen LogP contribution in [0.3, 0.4) is 0 Å². The predicted molar refractivity (Wildman–Crippen MR) is 56.2 cm³/mol. The number of aliphatic hydroxyl groups is 1. The zero-order chi connectivity index (χ0) is 10.8. The summed E-state index contributed by atoms with van der Waals surface area (Å²) in [5.41, 5.74) is 1.67. The topological polar surface area (TPSA) is 47.3 Å². The molecule has 0 saturated heterocycles. The van der Waals surface area contributed by atoms with E-state index in [4.69, 9.17) is 4.74 Å². The van der Waals surface area contributed by atoms with Crippen LogP contribution in [0.2, 0.25) is 0 Å².